The summed E-state index contributed by atoms with van der Waals surface area (Å²) in [6.45, 7) is 6.03. The Bertz CT molecular complexity index is 667. The van der Waals surface area contributed by atoms with Crippen LogP contribution in [0.4, 0.5) is 11.6 Å². The minimum Gasteiger partial charge on any atom is -0.383 e. The van der Waals surface area contributed by atoms with E-state index in [1.165, 1.54) is 0 Å². The van der Waals surface area contributed by atoms with Gasteiger partial charge in [0.05, 0.1) is 6.54 Å². The van der Waals surface area contributed by atoms with Crippen molar-refractivity contribution < 1.29 is 0 Å². The zero-order valence-corrected chi connectivity index (χ0v) is 12.9. The molecule has 1 heterocycles. The van der Waals surface area contributed by atoms with Crippen LogP contribution in [0.1, 0.15) is 25.0 Å². The van der Waals surface area contributed by atoms with Crippen molar-refractivity contribution >= 4 is 23.2 Å². The summed E-state index contributed by atoms with van der Waals surface area (Å²) in [4.78, 5) is 2.01. The van der Waals surface area contributed by atoms with Gasteiger partial charge in [-0.1, -0.05) is 29.8 Å². The number of nitrogens with zero attached hydrogens (tertiary/aromatic N) is 4. The fraction of sp³-hybridized carbons (Fsp3) is 0.333. The molecule has 0 bridgehead atoms. The third-order valence-electron chi connectivity index (χ3n) is 3.43. The summed E-state index contributed by atoms with van der Waals surface area (Å²) in [7, 11) is 0. The van der Waals surface area contributed by atoms with Crippen molar-refractivity contribution in [1.82, 2.24) is 9.78 Å². The zero-order chi connectivity index (χ0) is 15.4. The highest BCUT2D eigenvalue weighted by atomic mass is 35.5. The lowest BCUT2D eigenvalue weighted by atomic mass is 10.2. The first-order valence-electron chi connectivity index (χ1n) is 6.87. The fourth-order valence-corrected chi connectivity index (χ4v) is 2.42. The molecule has 21 heavy (non-hydrogen) atoms. The predicted molar refractivity (Wildman–Crippen MR) is 85.5 cm³/mol. The molecule has 0 atom stereocenters. The molecule has 0 spiro atoms. The number of aromatic nitrogens is 2. The van der Waals surface area contributed by atoms with Crippen LogP contribution in [0.5, 0.6) is 0 Å². The average molecular weight is 304 g/mol. The SMILES string of the molecule is CCN(CC)c1nn(Cc2ccccc2Cl)c(N)c1C#N. The number of anilines is 2. The highest BCUT2D eigenvalue weighted by molar-refractivity contribution is 6.31. The van der Waals surface area contributed by atoms with Gasteiger partial charge in [-0.05, 0) is 25.5 Å². The number of hydrogen-bond donors (Lipinski definition) is 1. The van der Waals surface area contributed by atoms with E-state index in [2.05, 4.69) is 11.2 Å². The first kappa shape index (κ1) is 15.2. The second-order valence-corrected chi connectivity index (χ2v) is 5.02. The molecule has 2 N–H and O–H groups in total. The zero-order valence-electron chi connectivity index (χ0n) is 12.2. The van der Waals surface area contributed by atoms with Crippen molar-refractivity contribution in [2.45, 2.75) is 20.4 Å². The second kappa shape index (κ2) is 6.51. The molecule has 0 aliphatic rings. The third-order valence-corrected chi connectivity index (χ3v) is 3.79. The van der Waals surface area contributed by atoms with Gasteiger partial charge in [0.2, 0.25) is 0 Å². The molecule has 0 aliphatic carbocycles. The van der Waals surface area contributed by atoms with E-state index in [1.54, 1.807) is 4.68 Å². The number of rotatable bonds is 5. The van der Waals surface area contributed by atoms with Crippen molar-refractivity contribution in [3.8, 4) is 6.07 Å². The number of nitrogen functional groups attached to an aromatic ring is 1. The van der Waals surface area contributed by atoms with Crippen LogP contribution in [0.3, 0.4) is 0 Å². The molecule has 1 aromatic heterocycles. The normalized spacial score (nSPS) is 10.4. The summed E-state index contributed by atoms with van der Waals surface area (Å²) in [5.41, 5.74) is 7.41. The standard InChI is InChI=1S/C15H18ClN5/c1-3-20(4-2)15-12(9-17)14(18)21(19-15)10-11-7-5-6-8-13(11)16/h5-8H,3-4,10,18H2,1-2H3. The number of nitrogens with two attached hydrogens (primary N) is 1. The lowest BCUT2D eigenvalue weighted by Crippen LogP contribution is -2.23. The number of benzene rings is 1. The van der Waals surface area contributed by atoms with Crippen LogP contribution in [0.2, 0.25) is 5.02 Å². The van der Waals surface area contributed by atoms with E-state index in [1.807, 2.05) is 43.0 Å². The van der Waals surface area contributed by atoms with E-state index in [0.29, 0.717) is 28.8 Å². The van der Waals surface area contributed by atoms with Crippen molar-refractivity contribution in [1.29, 1.82) is 5.26 Å². The summed E-state index contributed by atoms with van der Waals surface area (Å²) in [5, 5.41) is 14.5. The summed E-state index contributed by atoms with van der Waals surface area (Å²) in [5.74, 6) is 1.01. The minimum absolute atomic E-state index is 0.374. The number of nitriles is 1. The van der Waals surface area contributed by atoms with Crippen molar-refractivity contribution in [3.05, 3.63) is 40.4 Å². The van der Waals surface area contributed by atoms with Gasteiger partial charge >= 0.3 is 0 Å². The Morgan fingerprint density at radius 1 is 1.33 bits per heavy atom. The molecule has 2 aromatic rings. The summed E-state index contributed by atoms with van der Waals surface area (Å²) in [6, 6.07) is 9.69. The number of halogens is 1. The topological polar surface area (TPSA) is 70.9 Å². The Kier molecular flexibility index (Phi) is 4.71. The van der Waals surface area contributed by atoms with E-state index in [4.69, 9.17) is 17.3 Å². The molecule has 1 aromatic carbocycles. The monoisotopic (exact) mass is 303 g/mol. The lowest BCUT2D eigenvalue weighted by molar-refractivity contribution is 0.687. The van der Waals surface area contributed by atoms with Gasteiger partial charge < -0.3 is 10.6 Å². The highest BCUT2D eigenvalue weighted by Gasteiger charge is 2.19. The Labute approximate surface area is 129 Å². The molecule has 0 saturated heterocycles. The van der Waals surface area contributed by atoms with E-state index >= 15 is 0 Å². The van der Waals surface area contributed by atoms with E-state index < -0.39 is 0 Å². The van der Waals surface area contributed by atoms with Gasteiger partial charge in [0.1, 0.15) is 17.5 Å². The summed E-state index contributed by atoms with van der Waals surface area (Å²) < 4.78 is 1.63. The van der Waals surface area contributed by atoms with Gasteiger partial charge in [-0.2, -0.15) is 10.4 Å². The van der Waals surface area contributed by atoms with Gasteiger partial charge in [0.25, 0.3) is 0 Å². The van der Waals surface area contributed by atoms with Gasteiger partial charge in [-0.25, -0.2) is 4.68 Å². The van der Waals surface area contributed by atoms with Gasteiger partial charge in [0.15, 0.2) is 5.82 Å². The summed E-state index contributed by atoms with van der Waals surface area (Å²) in [6.07, 6.45) is 0. The lowest BCUT2D eigenvalue weighted by Gasteiger charge is -2.17. The average Bonchev–Trinajstić information content (AvgIpc) is 2.79. The molecule has 0 fully saturated rings. The van der Waals surface area contributed by atoms with Crippen LogP contribution in [0, 0.1) is 11.3 Å². The maximum Gasteiger partial charge on any atom is 0.170 e. The molecule has 6 heteroatoms. The Morgan fingerprint density at radius 3 is 2.57 bits per heavy atom. The minimum atomic E-state index is 0.374. The smallest absolute Gasteiger partial charge is 0.170 e. The molecule has 0 radical (unpaired) electrons. The first-order valence-corrected chi connectivity index (χ1v) is 7.24. The van der Waals surface area contributed by atoms with Crippen LogP contribution in [0.25, 0.3) is 0 Å². The first-order chi connectivity index (χ1) is 10.1. The van der Waals surface area contributed by atoms with Crippen LogP contribution < -0.4 is 10.6 Å². The van der Waals surface area contributed by atoms with Gasteiger partial charge in [-0.3, -0.25) is 0 Å². The largest absolute Gasteiger partial charge is 0.383 e. The molecule has 5 nitrogen and oxygen atoms in total. The van der Waals surface area contributed by atoms with Crippen molar-refractivity contribution in [2.24, 2.45) is 0 Å². The molecule has 0 saturated carbocycles. The van der Waals surface area contributed by atoms with Gasteiger partial charge in [0, 0.05) is 18.1 Å². The molecule has 0 unspecified atom stereocenters. The molecule has 2 rings (SSSR count). The van der Waals surface area contributed by atoms with E-state index in [-0.39, 0.29) is 0 Å². The number of hydrogen-bond acceptors (Lipinski definition) is 4. The molecular weight excluding hydrogens is 286 g/mol. The van der Waals surface area contributed by atoms with Gasteiger partial charge in [-0.15, -0.1) is 0 Å². The highest BCUT2D eigenvalue weighted by Crippen LogP contribution is 2.26. The van der Waals surface area contributed by atoms with Crippen LogP contribution in [0.15, 0.2) is 24.3 Å². The predicted octanol–water partition coefficient (Wildman–Crippen LogP) is 2.88. The van der Waals surface area contributed by atoms with Crippen molar-refractivity contribution in [3.63, 3.8) is 0 Å². The molecule has 0 amide bonds. The maximum absolute atomic E-state index is 9.34. The Morgan fingerprint density at radius 2 is 2.00 bits per heavy atom. The fourth-order valence-electron chi connectivity index (χ4n) is 2.22. The molecule has 0 aliphatic heterocycles. The molecule has 110 valence electrons. The van der Waals surface area contributed by atoms with E-state index in [0.717, 1.165) is 18.7 Å². The maximum atomic E-state index is 9.34. The Hall–Kier alpha value is -2.19. The quantitative estimate of drug-likeness (QED) is 0.922. The summed E-state index contributed by atoms with van der Waals surface area (Å²) >= 11 is 6.17. The molecular formula is C15H18ClN5. The Balaban J connectivity index is 2.42. The van der Waals surface area contributed by atoms with Crippen LogP contribution in [-0.4, -0.2) is 22.9 Å². The van der Waals surface area contributed by atoms with E-state index in [9.17, 15) is 5.26 Å². The van der Waals surface area contributed by atoms with Crippen LogP contribution in [-0.2, 0) is 6.54 Å². The second-order valence-electron chi connectivity index (χ2n) is 4.62. The van der Waals surface area contributed by atoms with Crippen molar-refractivity contribution in [2.75, 3.05) is 23.7 Å². The third kappa shape index (κ3) is 2.96. The van der Waals surface area contributed by atoms with Crippen LogP contribution >= 0.6 is 11.6 Å².